The molecule has 2 unspecified atom stereocenters. The Morgan fingerprint density at radius 3 is 2.89 bits per heavy atom. The van der Waals surface area contributed by atoms with Crippen LogP contribution in [-0.4, -0.2) is 48.9 Å². The molecule has 0 aliphatic heterocycles. The maximum atomic E-state index is 12.1. The Morgan fingerprint density at radius 2 is 2.32 bits per heavy atom. The number of aromatic carboxylic acids is 1. The first-order chi connectivity index (χ1) is 8.94. The van der Waals surface area contributed by atoms with Crippen molar-refractivity contribution in [3.63, 3.8) is 0 Å². The average molecular weight is 289 g/mol. The molecule has 1 fully saturated rings. The van der Waals surface area contributed by atoms with Crippen LogP contribution in [-0.2, 0) is 14.8 Å². The lowest BCUT2D eigenvalue weighted by Crippen LogP contribution is -2.34. The second-order valence-corrected chi connectivity index (χ2v) is 6.06. The van der Waals surface area contributed by atoms with E-state index < -0.39 is 21.0 Å². The van der Waals surface area contributed by atoms with Crippen LogP contribution in [0.3, 0.4) is 0 Å². The third-order valence-corrected chi connectivity index (χ3v) is 4.64. The standard InChI is InChI=1S/C10H15N3O5S/c1-18-7-3-2-6(4-7)13-19(16,17)9-8(10(14)15)5-11-12-9/h5-7,13H,2-4H2,1H3,(H,11,12)(H,14,15). The van der Waals surface area contributed by atoms with Crippen molar-refractivity contribution < 1.29 is 23.1 Å². The summed E-state index contributed by atoms with van der Waals surface area (Å²) in [7, 11) is -2.33. The summed E-state index contributed by atoms with van der Waals surface area (Å²) in [5.74, 6) is -1.34. The van der Waals surface area contributed by atoms with E-state index in [1.807, 2.05) is 0 Å². The number of ether oxygens (including phenoxy) is 1. The first-order valence-corrected chi connectivity index (χ1v) is 7.24. The quantitative estimate of drug-likeness (QED) is 0.699. The molecule has 2 atom stereocenters. The van der Waals surface area contributed by atoms with Gasteiger partial charge in [-0.05, 0) is 19.3 Å². The molecule has 0 aromatic carbocycles. The Bertz CT molecular complexity index is 567. The van der Waals surface area contributed by atoms with Crippen molar-refractivity contribution in [1.29, 1.82) is 0 Å². The van der Waals surface area contributed by atoms with Crippen LogP contribution in [0, 0.1) is 0 Å². The van der Waals surface area contributed by atoms with Gasteiger partial charge in [-0.2, -0.15) is 5.10 Å². The molecule has 1 aromatic heterocycles. The van der Waals surface area contributed by atoms with Crippen molar-refractivity contribution in [1.82, 2.24) is 14.9 Å². The number of hydrogen-bond donors (Lipinski definition) is 3. The van der Waals surface area contributed by atoms with Crippen molar-refractivity contribution in [3.8, 4) is 0 Å². The van der Waals surface area contributed by atoms with Crippen LogP contribution in [0.2, 0.25) is 0 Å². The van der Waals surface area contributed by atoms with Crippen LogP contribution < -0.4 is 4.72 Å². The van der Waals surface area contributed by atoms with Crippen molar-refractivity contribution >= 4 is 16.0 Å². The zero-order valence-electron chi connectivity index (χ0n) is 10.3. The molecule has 0 amide bonds. The number of nitrogens with zero attached hydrogens (tertiary/aromatic N) is 1. The molecule has 0 bridgehead atoms. The number of nitrogens with one attached hydrogen (secondary N) is 2. The van der Waals surface area contributed by atoms with E-state index in [1.54, 1.807) is 7.11 Å². The van der Waals surface area contributed by atoms with E-state index in [4.69, 9.17) is 9.84 Å². The van der Waals surface area contributed by atoms with Crippen molar-refractivity contribution in [2.75, 3.05) is 7.11 Å². The van der Waals surface area contributed by atoms with Gasteiger partial charge in [0.05, 0.1) is 12.3 Å². The molecule has 1 saturated carbocycles. The average Bonchev–Trinajstić information content (AvgIpc) is 2.95. The number of rotatable bonds is 5. The molecule has 1 aromatic rings. The number of carboxylic acid groups (broad SMARTS) is 1. The fraction of sp³-hybridized carbons (Fsp3) is 0.600. The summed E-state index contributed by atoms with van der Waals surface area (Å²) in [6.07, 6.45) is 3.02. The van der Waals surface area contributed by atoms with Crippen LogP contribution in [0.15, 0.2) is 11.2 Å². The molecule has 2 rings (SSSR count). The van der Waals surface area contributed by atoms with E-state index in [9.17, 15) is 13.2 Å². The number of carboxylic acids is 1. The van der Waals surface area contributed by atoms with Gasteiger partial charge in [0.15, 0.2) is 5.03 Å². The van der Waals surface area contributed by atoms with Crippen molar-refractivity contribution in [2.45, 2.75) is 36.4 Å². The number of H-pyrrole nitrogens is 1. The predicted octanol–water partition coefficient (Wildman–Crippen LogP) is -0.0463. The Kier molecular flexibility index (Phi) is 3.88. The van der Waals surface area contributed by atoms with Gasteiger partial charge in [0, 0.05) is 13.2 Å². The summed E-state index contributed by atoms with van der Waals surface area (Å²) in [4.78, 5) is 10.9. The molecule has 1 heterocycles. The largest absolute Gasteiger partial charge is 0.478 e. The van der Waals surface area contributed by atoms with E-state index in [-0.39, 0.29) is 17.7 Å². The molecule has 0 saturated heterocycles. The third-order valence-electron chi connectivity index (χ3n) is 3.14. The highest BCUT2D eigenvalue weighted by atomic mass is 32.2. The van der Waals surface area contributed by atoms with Crippen LogP contribution in [0.4, 0.5) is 0 Å². The molecule has 0 radical (unpaired) electrons. The normalized spacial score (nSPS) is 23.6. The Hall–Kier alpha value is -1.45. The van der Waals surface area contributed by atoms with Gasteiger partial charge in [-0.25, -0.2) is 17.9 Å². The summed E-state index contributed by atoms with van der Waals surface area (Å²) in [5.41, 5.74) is -0.367. The van der Waals surface area contributed by atoms with E-state index in [1.165, 1.54) is 0 Å². The van der Waals surface area contributed by atoms with Gasteiger partial charge in [0.1, 0.15) is 5.56 Å². The minimum atomic E-state index is -3.91. The van der Waals surface area contributed by atoms with Gasteiger partial charge in [0.2, 0.25) is 0 Å². The van der Waals surface area contributed by atoms with E-state index in [0.717, 1.165) is 12.6 Å². The maximum Gasteiger partial charge on any atom is 0.340 e. The van der Waals surface area contributed by atoms with Gasteiger partial charge in [-0.1, -0.05) is 0 Å². The van der Waals surface area contributed by atoms with Crippen molar-refractivity contribution in [3.05, 3.63) is 11.8 Å². The summed E-state index contributed by atoms with van der Waals surface area (Å²) in [6.45, 7) is 0. The molecule has 3 N–H and O–H groups in total. The van der Waals surface area contributed by atoms with Crippen LogP contribution >= 0.6 is 0 Å². The third kappa shape index (κ3) is 2.94. The monoisotopic (exact) mass is 289 g/mol. The lowest BCUT2D eigenvalue weighted by atomic mass is 10.3. The fourth-order valence-corrected chi connectivity index (χ4v) is 3.54. The zero-order chi connectivity index (χ0) is 14.0. The van der Waals surface area contributed by atoms with Crippen LogP contribution in [0.1, 0.15) is 29.6 Å². The highest BCUT2D eigenvalue weighted by Crippen LogP contribution is 2.23. The van der Waals surface area contributed by atoms with Crippen LogP contribution in [0.25, 0.3) is 0 Å². The SMILES string of the molecule is COC1CCC(NS(=O)(=O)c2[nH]ncc2C(=O)O)C1. The molecule has 0 spiro atoms. The number of aromatic nitrogens is 2. The molecule has 19 heavy (non-hydrogen) atoms. The van der Waals surface area contributed by atoms with Gasteiger partial charge >= 0.3 is 5.97 Å². The maximum absolute atomic E-state index is 12.1. The molecule has 1 aliphatic rings. The molecule has 8 nitrogen and oxygen atoms in total. The number of aromatic amines is 1. The second-order valence-electron chi connectivity index (χ2n) is 4.41. The smallest absolute Gasteiger partial charge is 0.340 e. The summed E-state index contributed by atoms with van der Waals surface area (Å²) >= 11 is 0. The highest BCUT2D eigenvalue weighted by molar-refractivity contribution is 7.89. The Balaban J connectivity index is 2.15. The lowest BCUT2D eigenvalue weighted by molar-refractivity contribution is 0.0692. The first-order valence-electron chi connectivity index (χ1n) is 5.76. The zero-order valence-corrected chi connectivity index (χ0v) is 11.1. The Labute approximate surface area is 110 Å². The number of sulfonamides is 1. The van der Waals surface area contributed by atoms with Crippen LogP contribution in [0.5, 0.6) is 0 Å². The highest BCUT2D eigenvalue weighted by Gasteiger charge is 2.31. The molecule has 1 aliphatic carbocycles. The van der Waals surface area contributed by atoms with E-state index in [0.29, 0.717) is 12.8 Å². The number of carbonyl (C=O) groups is 1. The Morgan fingerprint density at radius 1 is 1.58 bits per heavy atom. The van der Waals surface area contributed by atoms with Gasteiger partial charge in [0.25, 0.3) is 10.0 Å². The van der Waals surface area contributed by atoms with E-state index in [2.05, 4.69) is 14.9 Å². The van der Waals surface area contributed by atoms with E-state index >= 15 is 0 Å². The summed E-state index contributed by atoms with van der Waals surface area (Å²) in [6, 6.07) is -0.250. The molecule has 106 valence electrons. The summed E-state index contributed by atoms with van der Waals surface area (Å²) in [5, 5.41) is 14.2. The molecular weight excluding hydrogens is 274 g/mol. The van der Waals surface area contributed by atoms with Crippen molar-refractivity contribution in [2.24, 2.45) is 0 Å². The minimum absolute atomic E-state index is 0.0356. The van der Waals surface area contributed by atoms with Gasteiger partial charge in [-0.3, -0.25) is 5.10 Å². The topological polar surface area (TPSA) is 121 Å². The first kappa shape index (κ1) is 14.0. The lowest BCUT2D eigenvalue weighted by Gasteiger charge is -2.12. The summed E-state index contributed by atoms with van der Waals surface area (Å²) < 4.78 is 31.8. The predicted molar refractivity (Wildman–Crippen MR) is 64.3 cm³/mol. The minimum Gasteiger partial charge on any atom is -0.478 e. The number of methoxy groups -OCH3 is 1. The number of hydrogen-bond acceptors (Lipinski definition) is 5. The van der Waals surface area contributed by atoms with Gasteiger partial charge < -0.3 is 9.84 Å². The molecule has 9 heteroatoms. The second kappa shape index (κ2) is 5.27. The van der Waals surface area contributed by atoms with Gasteiger partial charge in [-0.15, -0.1) is 0 Å². The molecular formula is C10H15N3O5S. The fourth-order valence-electron chi connectivity index (χ4n) is 2.17.